The maximum absolute atomic E-state index is 12.6. The van der Waals surface area contributed by atoms with Crippen LogP contribution in [0.25, 0.3) is 11.0 Å². The van der Waals surface area contributed by atoms with Gasteiger partial charge in [-0.15, -0.1) is 0 Å². The molecule has 4 rings (SSSR count). The van der Waals surface area contributed by atoms with Gasteiger partial charge in [-0.1, -0.05) is 5.16 Å². The molecule has 1 aliphatic rings. The molecule has 29 heavy (non-hydrogen) atoms. The van der Waals surface area contributed by atoms with E-state index in [0.717, 1.165) is 12.0 Å². The summed E-state index contributed by atoms with van der Waals surface area (Å²) in [6, 6.07) is 5.48. The second kappa shape index (κ2) is 8.03. The highest BCUT2D eigenvalue weighted by atomic mass is 32.2. The summed E-state index contributed by atoms with van der Waals surface area (Å²) in [5.41, 5.74) is 1.35. The normalized spacial score (nSPS) is 18.8. The molecule has 1 aliphatic carbocycles. The van der Waals surface area contributed by atoms with Crippen molar-refractivity contribution in [3.05, 3.63) is 36.2 Å². The van der Waals surface area contributed by atoms with Crippen molar-refractivity contribution >= 4 is 26.8 Å². The largest absolute Gasteiger partial charge is 0.496 e. The quantitative estimate of drug-likeness (QED) is 0.537. The third-order valence-electron chi connectivity index (χ3n) is 5.01. The van der Waals surface area contributed by atoms with Crippen LogP contribution in [-0.4, -0.2) is 49.4 Å². The average Bonchev–Trinajstić information content (AvgIpc) is 3.05. The van der Waals surface area contributed by atoms with Gasteiger partial charge in [0, 0.05) is 25.6 Å². The second-order valence-corrected chi connectivity index (χ2v) is 8.97. The molecule has 1 unspecified atom stereocenters. The Morgan fingerprint density at radius 3 is 2.93 bits per heavy atom. The number of ether oxygens (including phenoxy) is 2. The topological polar surface area (TPSA) is 108 Å². The molecule has 2 atom stereocenters. The zero-order chi connectivity index (χ0) is 20.4. The van der Waals surface area contributed by atoms with Crippen LogP contribution in [0.3, 0.4) is 0 Å². The molecule has 156 valence electrons. The van der Waals surface area contributed by atoms with Crippen molar-refractivity contribution in [3.8, 4) is 5.75 Å². The zero-order valence-electron chi connectivity index (χ0n) is 16.4. The van der Waals surface area contributed by atoms with Crippen LogP contribution in [0.15, 0.2) is 35.1 Å². The molecule has 10 heteroatoms. The molecule has 0 radical (unpaired) electrons. The Morgan fingerprint density at radius 1 is 1.34 bits per heavy atom. The Labute approximate surface area is 169 Å². The minimum absolute atomic E-state index is 0.0405. The molecular formula is C19H24N4O5S. The van der Waals surface area contributed by atoms with Gasteiger partial charge >= 0.3 is 0 Å². The summed E-state index contributed by atoms with van der Waals surface area (Å²) in [5, 5.41) is 8.62. The van der Waals surface area contributed by atoms with Gasteiger partial charge in [-0.25, -0.2) is 8.42 Å². The highest BCUT2D eigenvalue weighted by Crippen LogP contribution is 2.40. The van der Waals surface area contributed by atoms with Gasteiger partial charge in [0.15, 0.2) is 11.4 Å². The molecule has 1 fully saturated rings. The second-order valence-electron chi connectivity index (χ2n) is 7.20. The van der Waals surface area contributed by atoms with Gasteiger partial charge < -0.3 is 14.0 Å². The molecule has 2 aromatic heterocycles. The molecule has 2 heterocycles. The Balaban J connectivity index is 1.52. The molecular weight excluding hydrogens is 396 g/mol. The van der Waals surface area contributed by atoms with Crippen LogP contribution < -0.4 is 9.46 Å². The third kappa shape index (κ3) is 4.54. The van der Waals surface area contributed by atoms with Gasteiger partial charge in [0.05, 0.1) is 19.4 Å². The summed E-state index contributed by atoms with van der Waals surface area (Å²) < 4.78 is 45.8. The average molecular weight is 420 g/mol. The number of hydrogen-bond donors (Lipinski definition) is 1. The standard InChI is InChI=1S/C19H24N4O5S/c1-3-27-11-14-9-15(14)12-29(24,25)22-19-18-16(26-2)7-13(8-17(18)28-21-19)10-23-6-4-5-20-23/h4-8,14-15H,3,9-12H2,1-2H3,(H,21,22)/t14-,15?/m1/s1. The molecule has 0 bridgehead atoms. The first-order chi connectivity index (χ1) is 14.0. The van der Waals surface area contributed by atoms with Crippen LogP contribution in [0, 0.1) is 11.8 Å². The van der Waals surface area contributed by atoms with E-state index in [0.29, 0.717) is 42.4 Å². The van der Waals surface area contributed by atoms with Gasteiger partial charge in [0.25, 0.3) is 0 Å². The van der Waals surface area contributed by atoms with Crippen molar-refractivity contribution < 1.29 is 22.4 Å². The Bertz CT molecular complexity index is 1080. The van der Waals surface area contributed by atoms with Gasteiger partial charge in [-0.3, -0.25) is 9.40 Å². The third-order valence-corrected chi connectivity index (χ3v) is 6.38. The number of nitrogens with zero attached hydrogens (tertiary/aromatic N) is 3. The Kier molecular flexibility index (Phi) is 5.46. The number of fused-ring (bicyclic) bond motifs is 1. The zero-order valence-corrected chi connectivity index (χ0v) is 17.2. The molecule has 1 N–H and O–H groups in total. The van der Waals surface area contributed by atoms with Crippen molar-refractivity contribution in [2.45, 2.75) is 19.9 Å². The molecule has 0 aliphatic heterocycles. The Morgan fingerprint density at radius 2 is 2.21 bits per heavy atom. The van der Waals surface area contributed by atoms with Gasteiger partial charge in [0.2, 0.25) is 10.0 Å². The summed E-state index contributed by atoms with van der Waals surface area (Å²) in [6.45, 7) is 3.71. The lowest BCUT2D eigenvalue weighted by atomic mass is 10.1. The highest BCUT2D eigenvalue weighted by Gasteiger charge is 2.40. The fourth-order valence-electron chi connectivity index (χ4n) is 3.45. The number of benzene rings is 1. The molecule has 0 saturated heterocycles. The van der Waals surface area contributed by atoms with E-state index in [9.17, 15) is 8.42 Å². The lowest BCUT2D eigenvalue weighted by molar-refractivity contribution is 0.134. The summed E-state index contributed by atoms with van der Waals surface area (Å²) in [4.78, 5) is 0. The smallest absolute Gasteiger partial charge is 0.234 e. The minimum atomic E-state index is -3.56. The van der Waals surface area contributed by atoms with E-state index < -0.39 is 10.0 Å². The van der Waals surface area contributed by atoms with Crippen molar-refractivity contribution in [2.75, 3.05) is 30.8 Å². The fraction of sp³-hybridized carbons (Fsp3) is 0.474. The summed E-state index contributed by atoms with van der Waals surface area (Å²) in [5.74, 6) is 1.09. The van der Waals surface area contributed by atoms with E-state index in [4.69, 9.17) is 14.0 Å². The highest BCUT2D eigenvalue weighted by molar-refractivity contribution is 7.92. The van der Waals surface area contributed by atoms with Gasteiger partial charge in [-0.05, 0) is 48.9 Å². The molecule has 0 spiro atoms. The Hall–Kier alpha value is -2.59. The van der Waals surface area contributed by atoms with Crippen molar-refractivity contribution in [1.82, 2.24) is 14.9 Å². The van der Waals surface area contributed by atoms with Crippen molar-refractivity contribution in [3.63, 3.8) is 0 Å². The minimum Gasteiger partial charge on any atom is -0.496 e. The number of aromatic nitrogens is 3. The number of rotatable bonds is 10. The maximum Gasteiger partial charge on any atom is 0.234 e. The molecule has 9 nitrogen and oxygen atoms in total. The molecule has 1 saturated carbocycles. The van der Waals surface area contributed by atoms with Gasteiger partial charge in [-0.2, -0.15) is 5.10 Å². The van der Waals surface area contributed by atoms with Crippen LogP contribution in [0.5, 0.6) is 5.75 Å². The van der Waals surface area contributed by atoms with E-state index in [2.05, 4.69) is 15.0 Å². The van der Waals surface area contributed by atoms with Crippen LogP contribution in [0.1, 0.15) is 18.9 Å². The number of sulfonamides is 1. The number of anilines is 1. The first-order valence-corrected chi connectivity index (χ1v) is 11.2. The van der Waals surface area contributed by atoms with Crippen LogP contribution in [0.2, 0.25) is 0 Å². The van der Waals surface area contributed by atoms with E-state index >= 15 is 0 Å². The molecule has 0 amide bonds. The van der Waals surface area contributed by atoms with Crippen LogP contribution >= 0.6 is 0 Å². The van der Waals surface area contributed by atoms with Crippen molar-refractivity contribution in [2.24, 2.45) is 11.8 Å². The lowest BCUT2D eigenvalue weighted by Crippen LogP contribution is -2.19. The SMILES string of the molecule is CCOC[C@H]1CC1CS(=O)(=O)Nc1noc2cc(Cn3cccn3)cc(OC)c12. The van der Waals surface area contributed by atoms with Crippen LogP contribution in [0.4, 0.5) is 5.82 Å². The number of hydrogen-bond acceptors (Lipinski definition) is 7. The number of nitrogens with one attached hydrogen (secondary N) is 1. The summed E-state index contributed by atoms with van der Waals surface area (Å²) in [7, 11) is -2.04. The number of methoxy groups -OCH3 is 1. The summed E-state index contributed by atoms with van der Waals surface area (Å²) in [6.07, 6.45) is 4.42. The lowest BCUT2D eigenvalue weighted by Gasteiger charge is -2.09. The van der Waals surface area contributed by atoms with Crippen molar-refractivity contribution in [1.29, 1.82) is 0 Å². The predicted octanol–water partition coefficient (Wildman–Crippen LogP) is 2.50. The van der Waals surface area contributed by atoms with Crippen LogP contribution in [-0.2, 0) is 21.3 Å². The summed E-state index contributed by atoms with van der Waals surface area (Å²) >= 11 is 0. The van der Waals surface area contributed by atoms with E-state index in [1.165, 1.54) is 7.11 Å². The van der Waals surface area contributed by atoms with E-state index in [1.54, 1.807) is 10.9 Å². The van der Waals surface area contributed by atoms with E-state index in [-0.39, 0.29) is 17.5 Å². The fourth-order valence-corrected chi connectivity index (χ4v) is 4.94. The first kappa shape index (κ1) is 19.7. The molecule has 3 aromatic rings. The molecule has 1 aromatic carbocycles. The monoisotopic (exact) mass is 420 g/mol. The van der Waals surface area contributed by atoms with E-state index in [1.807, 2.05) is 31.3 Å². The first-order valence-electron chi connectivity index (χ1n) is 9.51. The van der Waals surface area contributed by atoms with Gasteiger partial charge in [0.1, 0.15) is 11.1 Å². The maximum atomic E-state index is 12.6. The predicted molar refractivity (Wildman–Crippen MR) is 107 cm³/mol.